The number of nitrogens with zero attached hydrogens (tertiary/aromatic N) is 1. The fourth-order valence-electron chi connectivity index (χ4n) is 9.62. The minimum Gasteiger partial charge on any atom is -0.310 e. The number of hydrogen-bond donors (Lipinski definition) is 0. The van der Waals surface area contributed by atoms with Gasteiger partial charge in [-0.25, -0.2) is 0 Å². The molecule has 0 amide bonds. The molecule has 0 radical (unpaired) electrons. The highest BCUT2D eigenvalue weighted by atomic mass is 15.1. The highest BCUT2D eigenvalue weighted by Crippen LogP contribution is 2.51. The highest BCUT2D eigenvalue weighted by molar-refractivity contribution is 6.08. The zero-order chi connectivity index (χ0) is 38.8. The largest absolute Gasteiger partial charge is 0.310 e. The van der Waals surface area contributed by atoms with Crippen LogP contribution in [0.5, 0.6) is 0 Å². The fraction of sp³-hybridized carbons (Fsp3) is 0.0877. The first-order valence-electron chi connectivity index (χ1n) is 20.6. The van der Waals surface area contributed by atoms with Gasteiger partial charge in [0.1, 0.15) is 0 Å². The molecule has 0 N–H and O–H groups in total. The molecular weight excluding hydrogens is 699 g/mol. The molecule has 58 heavy (non-hydrogen) atoms. The molecular formula is C57H43N. The molecule has 2 aliphatic rings. The van der Waals surface area contributed by atoms with Crippen molar-refractivity contribution in [2.45, 2.75) is 32.1 Å². The van der Waals surface area contributed by atoms with Gasteiger partial charge in [-0.05, 0) is 138 Å². The lowest BCUT2D eigenvalue weighted by atomic mass is 9.82. The Morgan fingerprint density at radius 3 is 1.90 bits per heavy atom. The van der Waals surface area contributed by atoms with Crippen molar-refractivity contribution in [2.24, 2.45) is 0 Å². The smallest absolute Gasteiger partial charge is 0.0542 e. The van der Waals surface area contributed by atoms with Crippen molar-refractivity contribution in [3.8, 4) is 33.4 Å². The Morgan fingerprint density at radius 2 is 1.03 bits per heavy atom. The van der Waals surface area contributed by atoms with E-state index >= 15 is 0 Å². The standard InChI is InChI=1S/C57H43N/c1-57(2)54-19-11-10-18-52(54)53-33-30-48(37-55(53)57)58(47-28-24-39(25-29-47)43-26-31-50-46(35-43)23-21-41-15-8-9-17-49(41)50)56-36-45(27-32-51(56)40-13-4-3-5-14-40)44-22-20-38-12-6-7-16-42(38)34-44/h3-4,6-13,15-37H,5,14H2,1-2H3. The maximum absolute atomic E-state index is 2.51. The number of rotatable bonds is 6. The summed E-state index contributed by atoms with van der Waals surface area (Å²) in [4.78, 5) is 2.51. The monoisotopic (exact) mass is 741 g/mol. The van der Waals surface area contributed by atoms with E-state index in [0.717, 1.165) is 24.2 Å². The van der Waals surface area contributed by atoms with Gasteiger partial charge in [0.25, 0.3) is 0 Å². The zero-order valence-electron chi connectivity index (χ0n) is 32.9. The summed E-state index contributed by atoms with van der Waals surface area (Å²) in [5.74, 6) is 0. The van der Waals surface area contributed by atoms with Gasteiger partial charge in [0.05, 0.1) is 5.69 Å². The molecule has 0 saturated heterocycles. The van der Waals surface area contributed by atoms with Crippen LogP contribution >= 0.6 is 0 Å². The first kappa shape index (κ1) is 34.3. The van der Waals surface area contributed by atoms with Gasteiger partial charge in [-0.15, -0.1) is 0 Å². The number of hydrogen-bond acceptors (Lipinski definition) is 1. The van der Waals surface area contributed by atoms with Crippen LogP contribution in [0.4, 0.5) is 17.1 Å². The number of allylic oxidation sites excluding steroid dienone is 4. The van der Waals surface area contributed by atoms with Gasteiger partial charge < -0.3 is 4.90 Å². The van der Waals surface area contributed by atoms with Crippen LogP contribution in [-0.4, -0.2) is 0 Å². The Balaban J connectivity index is 1.09. The first-order chi connectivity index (χ1) is 28.5. The predicted molar refractivity (Wildman–Crippen MR) is 248 cm³/mol. The summed E-state index contributed by atoms with van der Waals surface area (Å²) in [6, 6.07) is 67.9. The van der Waals surface area contributed by atoms with Crippen LogP contribution in [0.15, 0.2) is 200 Å². The lowest BCUT2D eigenvalue weighted by Crippen LogP contribution is -2.17. The van der Waals surface area contributed by atoms with Crippen molar-refractivity contribution in [2.75, 3.05) is 4.90 Å². The highest BCUT2D eigenvalue weighted by Gasteiger charge is 2.36. The van der Waals surface area contributed by atoms with E-state index < -0.39 is 0 Å². The second-order valence-electron chi connectivity index (χ2n) is 16.5. The van der Waals surface area contributed by atoms with Crippen LogP contribution < -0.4 is 4.90 Å². The van der Waals surface area contributed by atoms with Crippen LogP contribution in [0.1, 0.15) is 43.4 Å². The summed E-state index contributed by atoms with van der Waals surface area (Å²) in [6.45, 7) is 4.75. The molecule has 1 heteroatoms. The summed E-state index contributed by atoms with van der Waals surface area (Å²) in [5, 5.41) is 7.62. The van der Waals surface area contributed by atoms with E-state index in [1.54, 1.807) is 0 Å². The topological polar surface area (TPSA) is 3.24 Å². The van der Waals surface area contributed by atoms with E-state index in [2.05, 4.69) is 219 Å². The normalized spacial score (nSPS) is 14.1. The Morgan fingerprint density at radius 1 is 0.431 bits per heavy atom. The van der Waals surface area contributed by atoms with Gasteiger partial charge >= 0.3 is 0 Å². The van der Waals surface area contributed by atoms with E-state index in [1.807, 2.05) is 0 Å². The molecule has 0 fully saturated rings. The molecule has 9 aromatic rings. The molecule has 2 aliphatic carbocycles. The molecule has 0 heterocycles. The molecule has 9 aromatic carbocycles. The molecule has 1 nitrogen and oxygen atoms in total. The third kappa shape index (κ3) is 5.69. The van der Waals surface area contributed by atoms with Gasteiger partial charge in [-0.1, -0.05) is 172 Å². The summed E-state index contributed by atoms with van der Waals surface area (Å²) >= 11 is 0. The summed E-state index contributed by atoms with van der Waals surface area (Å²) in [6.07, 6.45) is 8.86. The van der Waals surface area contributed by atoms with E-state index in [4.69, 9.17) is 0 Å². The Hall–Kier alpha value is -6.96. The van der Waals surface area contributed by atoms with Crippen molar-refractivity contribution < 1.29 is 0 Å². The zero-order valence-corrected chi connectivity index (χ0v) is 32.9. The molecule has 11 rings (SSSR count). The minimum absolute atomic E-state index is 0.120. The van der Waals surface area contributed by atoms with Crippen molar-refractivity contribution in [1.29, 1.82) is 0 Å². The second-order valence-corrected chi connectivity index (χ2v) is 16.5. The molecule has 0 spiro atoms. The average Bonchev–Trinajstić information content (AvgIpc) is 3.51. The molecule has 0 bridgehead atoms. The van der Waals surface area contributed by atoms with Gasteiger partial charge in [0, 0.05) is 22.4 Å². The molecule has 0 atom stereocenters. The first-order valence-corrected chi connectivity index (χ1v) is 20.6. The molecule has 0 saturated carbocycles. The molecule has 276 valence electrons. The maximum Gasteiger partial charge on any atom is 0.0542 e. The third-order valence-electron chi connectivity index (χ3n) is 12.7. The Bertz CT molecular complexity index is 3140. The van der Waals surface area contributed by atoms with Gasteiger partial charge in [0.15, 0.2) is 0 Å². The molecule has 0 unspecified atom stereocenters. The van der Waals surface area contributed by atoms with Crippen LogP contribution in [0.2, 0.25) is 0 Å². The van der Waals surface area contributed by atoms with E-state index in [0.29, 0.717) is 0 Å². The SMILES string of the molecule is CC1(C)c2ccccc2-c2ccc(N(c3ccc(-c4ccc5c(ccc6ccccc65)c4)cc3)c3cc(-c4ccc5ccccc5c4)ccc3C3=CC=CCC3)cc21. The Labute approximate surface area is 340 Å². The van der Waals surface area contributed by atoms with Crippen LogP contribution in [0.25, 0.3) is 71.3 Å². The van der Waals surface area contributed by atoms with Crippen LogP contribution in [0, 0.1) is 0 Å². The molecule has 0 aromatic heterocycles. The quantitative estimate of drug-likeness (QED) is 0.153. The maximum atomic E-state index is 2.51. The number of benzene rings is 9. The van der Waals surface area contributed by atoms with E-state index in [1.165, 1.54) is 93.6 Å². The number of anilines is 3. The van der Waals surface area contributed by atoms with Crippen LogP contribution in [0.3, 0.4) is 0 Å². The second kappa shape index (κ2) is 13.6. The number of fused-ring (bicyclic) bond motifs is 7. The summed E-state index contributed by atoms with van der Waals surface area (Å²) in [7, 11) is 0. The van der Waals surface area contributed by atoms with Crippen molar-refractivity contribution in [3.63, 3.8) is 0 Å². The summed E-state index contributed by atoms with van der Waals surface area (Å²) < 4.78 is 0. The predicted octanol–water partition coefficient (Wildman–Crippen LogP) is 16.0. The molecule has 0 aliphatic heterocycles. The van der Waals surface area contributed by atoms with Crippen molar-refractivity contribution in [1.82, 2.24) is 0 Å². The minimum atomic E-state index is -0.120. The summed E-state index contributed by atoms with van der Waals surface area (Å²) in [5.41, 5.74) is 16.3. The average molecular weight is 742 g/mol. The van der Waals surface area contributed by atoms with Crippen LogP contribution in [-0.2, 0) is 5.41 Å². The third-order valence-corrected chi connectivity index (χ3v) is 12.7. The van der Waals surface area contributed by atoms with Crippen molar-refractivity contribution in [3.05, 3.63) is 217 Å². The van der Waals surface area contributed by atoms with Gasteiger partial charge in [0.2, 0.25) is 0 Å². The van der Waals surface area contributed by atoms with E-state index in [9.17, 15) is 0 Å². The fourth-order valence-corrected chi connectivity index (χ4v) is 9.62. The Kier molecular flexibility index (Phi) is 8.05. The van der Waals surface area contributed by atoms with Gasteiger partial charge in [-0.2, -0.15) is 0 Å². The van der Waals surface area contributed by atoms with Gasteiger partial charge in [-0.3, -0.25) is 0 Å². The lowest BCUT2D eigenvalue weighted by Gasteiger charge is -2.31. The lowest BCUT2D eigenvalue weighted by molar-refractivity contribution is 0.660. The van der Waals surface area contributed by atoms with E-state index in [-0.39, 0.29) is 5.41 Å². The van der Waals surface area contributed by atoms with Crippen molar-refractivity contribution >= 4 is 55.0 Å².